The van der Waals surface area contributed by atoms with Crippen molar-refractivity contribution in [3.05, 3.63) is 70.8 Å². The molecule has 1 unspecified atom stereocenters. The van der Waals surface area contributed by atoms with Gasteiger partial charge in [0.25, 0.3) is 0 Å². The Morgan fingerprint density at radius 3 is 2.47 bits per heavy atom. The number of aryl methyl sites for hydroxylation is 1. The Hall–Kier alpha value is -2.83. The number of benzene rings is 2. The summed E-state index contributed by atoms with van der Waals surface area (Å²) in [7, 11) is 0. The molecule has 0 radical (unpaired) electrons. The van der Waals surface area contributed by atoms with Gasteiger partial charge in [0.15, 0.2) is 6.10 Å². The van der Waals surface area contributed by atoms with Gasteiger partial charge < -0.3 is 9.74 Å². The van der Waals surface area contributed by atoms with Crippen molar-refractivity contribution in [1.82, 2.24) is 4.90 Å². The molecule has 1 aliphatic carbocycles. The first-order valence-corrected chi connectivity index (χ1v) is 10.0. The lowest BCUT2D eigenvalue weighted by Crippen LogP contribution is -2.38. The van der Waals surface area contributed by atoms with Crippen molar-refractivity contribution in [1.29, 1.82) is 0 Å². The molecule has 1 atom stereocenters. The van der Waals surface area contributed by atoms with E-state index in [4.69, 9.17) is 4.84 Å². The van der Waals surface area contributed by atoms with E-state index in [1.807, 2.05) is 31.2 Å². The van der Waals surface area contributed by atoms with Crippen LogP contribution in [0.1, 0.15) is 41.5 Å². The maximum atomic E-state index is 12.8. The average molecular weight is 416 g/mol. The van der Waals surface area contributed by atoms with E-state index >= 15 is 0 Å². The summed E-state index contributed by atoms with van der Waals surface area (Å²) in [6, 6.07) is 12.9. The van der Waals surface area contributed by atoms with Crippen LogP contribution in [0.5, 0.6) is 0 Å². The Morgan fingerprint density at radius 2 is 1.83 bits per heavy atom. The minimum Gasteiger partial charge on any atom is -0.390 e. The number of oxime groups is 1. The molecule has 0 spiro atoms. The molecule has 2 aliphatic rings. The second-order valence-electron chi connectivity index (χ2n) is 7.97. The van der Waals surface area contributed by atoms with E-state index in [2.05, 4.69) is 5.16 Å². The van der Waals surface area contributed by atoms with E-state index in [0.717, 1.165) is 41.8 Å². The van der Waals surface area contributed by atoms with Gasteiger partial charge in [-0.25, -0.2) is 0 Å². The van der Waals surface area contributed by atoms with Crippen LogP contribution in [0.4, 0.5) is 13.2 Å². The molecule has 1 fully saturated rings. The van der Waals surface area contributed by atoms with E-state index in [1.165, 1.54) is 12.1 Å². The number of alkyl halides is 3. The van der Waals surface area contributed by atoms with Crippen molar-refractivity contribution in [3.8, 4) is 0 Å². The van der Waals surface area contributed by atoms with E-state index in [0.29, 0.717) is 18.5 Å². The molecule has 158 valence electrons. The number of carbonyl (C=O) groups excluding carboxylic acids is 1. The Kier molecular flexibility index (Phi) is 5.54. The van der Waals surface area contributed by atoms with Crippen LogP contribution in [0, 0.1) is 12.8 Å². The second-order valence-corrected chi connectivity index (χ2v) is 7.97. The fourth-order valence-corrected chi connectivity index (χ4v) is 3.67. The zero-order chi connectivity index (χ0) is 21.3. The fraction of sp³-hybridized carbons (Fsp3) is 0.391. The minimum atomic E-state index is -4.37. The predicted octanol–water partition coefficient (Wildman–Crippen LogP) is 4.95. The lowest BCUT2D eigenvalue weighted by Gasteiger charge is -2.25. The van der Waals surface area contributed by atoms with Gasteiger partial charge >= 0.3 is 6.18 Å². The van der Waals surface area contributed by atoms with E-state index in [-0.39, 0.29) is 24.5 Å². The molecule has 4 rings (SSSR count). The quantitative estimate of drug-likeness (QED) is 0.669. The average Bonchev–Trinajstić information content (AvgIpc) is 3.46. The molecule has 1 saturated carbocycles. The highest BCUT2D eigenvalue weighted by molar-refractivity contribution is 6.02. The highest BCUT2D eigenvalue weighted by atomic mass is 19.4. The second kappa shape index (κ2) is 8.13. The standard InChI is InChI=1S/C23H23F3N2O2/c1-15-4-2-3-5-20(15)21-12-19(30-27-21)14-28(22(29)17-8-9-17)13-16-6-10-18(11-7-16)23(24,25)26/h2-7,10-11,17,19H,8-9,12-14H2,1H3. The number of hydrogen-bond acceptors (Lipinski definition) is 3. The molecule has 1 heterocycles. The molecule has 7 heteroatoms. The van der Waals surface area contributed by atoms with Crippen LogP contribution >= 0.6 is 0 Å². The summed E-state index contributed by atoms with van der Waals surface area (Å²) in [5.41, 5.74) is 2.96. The molecule has 0 bridgehead atoms. The van der Waals surface area contributed by atoms with Gasteiger partial charge in [0.05, 0.1) is 17.8 Å². The van der Waals surface area contributed by atoms with Gasteiger partial charge in [0.2, 0.25) is 5.91 Å². The molecule has 1 aliphatic heterocycles. The monoisotopic (exact) mass is 416 g/mol. The van der Waals surface area contributed by atoms with E-state index < -0.39 is 11.7 Å². The topological polar surface area (TPSA) is 41.9 Å². The first-order chi connectivity index (χ1) is 14.3. The van der Waals surface area contributed by atoms with Crippen molar-refractivity contribution >= 4 is 11.6 Å². The third kappa shape index (κ3) is 4.66. The number of amides is 1. The Morgan fingerprint density at radius 1 is 1.13 bits per heavy atom. The molecule has 0 aromatic heterocycles. The number of halogens is 3. The molecular formula is C23H23F3N2O2. The summed E-state index contributed by atoms with van der Waals surface area (Å²) in [4.78, 5) is 20.1. The van der Waals surface area contributed by atoms with Crippen LogP contribution in [-0.2, 0) is 22.4 Å². The zero-order valence-electron chi connectivity index (χ0n) is 16.7. The summed E-state index contributed by atoms with van der Waals surface area (Å²) in [5, 5.41) is 4.22. The SMILES string of the molecule is Cc1ccccc1C1=NOC(CN(Cc2ccc(C(F)(F)F)cc2)C(=O)C2CC2)C1. The molecule has 0 N–H and O–H groups in total. The van der Waals surface area contributed by atoms with Gasteiger partial charge in [-0.3, -0.25) is 4.79 Å². The van der Waals surface area contributed by atoms with Crippen LogP contribution in [0.3, 0.4) is 0 Å². The maximum absolute atomic E-state index is 12.8. The van der Waals surface area contributed by atoms with Gasteiger partial charge in [-0.1, -0.05) is 41.6 Å². The summed E-state index contributed by atoms with van der Waals surface area (Å²) in [6.07, 6.45) is -2.33. The highest BCUT2D eigenvalue weighted by Crippen LogP contribution is 2.33. The molecule has 0 saturated heterocycles. The van der Waals surface area contributed by atoms with E-state index in [1.54, 1.807) is 4.90 Å². The fourth-order valence-electron chi connectivity index (χ4n) is 3.67. The van der Waals surface area contributed by atoms with Gasteiger partial charge in [0.1, 0.15) is 0 Å². The molecule has 30 heavy (non-hydrogen) atoms. The molecule has 2 aromatic carbocycles. The summed E-state index contributed by atoms with van der Waals surface area (Å²) in [6.45, 7) is 2.63. The van der Waals surface area contributed by atoms with Crippen molar-refractivity contribution in [2.45, 2.75) is 45.0 Å². The molecule has 1 amide bonds. The van der Waals surface area contributed by atoms with Crippen LogP contribution in [-0.4, -0.2) is 29.2 Å². The van der Waals surface area contributed by atoms with Gasteiger partial charge in [-0.15, -0.1) is 0 Å². The Bertz CT molecular complexity index is 950. The summed E-state index contributed by atoms with van der Waals surface area (Å²) in [5.74, 6) is 0.0421. The molecule has 2 aromatic rings. The van der Waals surface area contributed by atoms with Gasteiger partial charge in [-0.2, -0.15) is 13.2 Å². The van der Waals surface area contributed by atoms with Crippen LogP contribution in [0.25, 0.3) is 0 Å². The first-order valence-electron chi connectivity index (χ1n) is 10.0. The van der Waals surface area contributed by atoms with Gasteiger partial charge in [-0.05, 0) is 43.0 Å². The maximum Gasteiger partial charge on any atom is 0.416 e. The summed E-state index contributed by atoms with van der Waals surface area (Å²) >= 11 is 0. The lowest BCUT2D eigenvalue weighted by atomic mass is 10.00. The smallest absolute Gasteiger partial charge is 0.390 e. The van der Waals surface area contributed by atoms with E-state index in [9.17, 15) is 18.0 Å². The van der Waals surface area contributed by atoms with Gasteiger partial charge in [0, 0.05) is 24.4 Å². The van der Waals surface area contributed by atoms with Crippen LogP contribution in [0.15, 0.2) is 53.7 Å². The Balaban J connectivity index is 1.44. The first kappa shape index (κ1) is 20.4. The Labute approximate surface area is 173 Å². The predicted molar refractivity (Wildman–Crippen MR) is 107 cm³/mol. The van der Waals surface area contributed by atoms with Crippen molar-refractivity contribution < 1.29 is 22.8 Å². The molecular weight excluding hydrogens is 393 g/mol. The third-order valence-corrected chi connectivity index (χ3v) is 5.51. The van der Waals surface area contributed by atoms with Crippen molar-refractivity contribution in [2.24, 2.45) is 11.1 Å². The highest BCUT2D eigenvalue weighted by Gasteiger charge is 2.36. The lowest BCUT2D eigenvalue weighted by molar-refractivity contribution is -0.138. The number of carbonyl (C=O) groups is 1. The number of hydrogen-bond donors (Lipinski definition) is 0. The van der Waals surface area contributed by atoms with Crippen molar-refractivity contribution in [3.63, 3.8) is 0 Å². The van der Waals surface area contributed by atoms with Crippen LogP contribution < -0.4 is 0 Å². The number of rotatable bonds is 6. The largest absolute Gasteiger partial charge is 0.416 e. The van der Waals surface area contributed by atoms with Crippen molar-refractivity contribution in [2.75, 3.05) is 6.54 Å². The number of nitrogens with zero attached hydrogens (tertiary/aromatic N) is 2. The summed E-state index contributed by atoms with van der Waals surface area (Å²) < 4.78 is 38.4. The normalized spacial score (nSPS) is 18.7. The minimum absolute atomic E-state index is 0.0117. The van der Waals surface area contributed by atoms with Crippen LogP contribution in [0.2, 0.25) is 0 Å². The third-order valence-electron chi connectivity index (χ3n) is 5.51. The zero-order valence-corrected chi connectivity index (χ0v) is 16.7. The molecule has 4 nitrogen and oxygen atoms in total.